The van der Waals surface area contributed by atoms with Gasteiger partial charge in [0.05, 0.1) is 5.56 Å². The fraction of sp³-hybridized carbons (Fsp3) is 0.250. The SMILES string of the molecule is CCCCCCc1ccc(-c2ccncc2)c(OC(=O)c2ccccc2)c1. The van der Waals surface area contributed by atoms with E-state index in [1.54, 1.807) is 24.5 Å². The highest BCUT2D eigenvalue weighted by molar-refractivity contribution is 5.92. The number of benzene rings is 2. The largest absolute Gasteiger partial charge is 0.422 e. The molecular weight excluding hydrogens is 334 g/mol. The van der Waals surface area contributed by atoms with E-state index in [1.165, 1.54) is 24.8 Å². The van der Waals surface area contributed by atoms with Crippen LogP contribution in [-0.4, -0.2) is 11.0 Å². The predicted molar refractivity (Wildman–Crippen MR) is 109 cm³/mol. The lowest BCUT2D eigenvalue weighted by Gasteiger charge is -2.13. The van der Waals surface area contributed by atoms with Crippen LogP contribution in [0.4, 0.5) is 0 Å². The molecule has 3 heteroatoms. The van der Waals surface area contributed by atoms with E-state index in [-0.39, 0.29) is 5.97 Å². The number of hydrogen-bond donors (Lipinski definition) is 0. The van der Waals surface area contributed by atoms with Gasteiger partial charge in [-0.2, -0.15) is 0 Å². The number of hydrogen-bond acceptors (Lipinski definition) is 3. The van der Waals surface area contributed by atoms with E-state index >= 15 is 0 Å². The van der Waals surface area contributed by atoms with E-state index in [0.717, 1.165) is 24.0 Å². The molecule has 0 radical (unpaired) electrons. The van der Waals surface area contributed by atoms with Crippen LogP contribution in [0.1, 0.15) is 48.5 Å². The monoisotopic (exact) mass is 359 g/mol. The maximum Gasteiger partial charge on any atom is 0.343 e. The Kier molecular flexibility index (Phi) is 6.75. The molecule has 1 aromatic heterocycles. The number of rotatable bonds is 8. The maximum absolute atomic E-state index is 12.6. The minimum atomic E-state index is -0.339. The van der Waals surface area contributed by atoms with E-state index < -0.39 is 0 Å². The van der Waals surface area contributed by atoms with Crippen molar-refractivity contribution in [2.45, 2.75) is 39.0 Å². The molecule has 1 heterocycles. The first kappa shape index (κ1) is 18.8. The molecule has 0 saturated carbocycles. The number of ether oxygens (including phenoxy) is 1. The molecule has 0 atom stereocenters. The second-order valence-corrected chi connectivity index (χ2v) is 6.63. The molecule has 0 saturated heterocycles. The molecule has 0 aliphatic heterocycles. The summed E-state index contributed by atoms with van der Waals surface area (Å²) in [6, 6.07) is 19.1. The highest BCUT2D eigenvalue weighted by Crippen LogP contribution is 2.32. The van der Waals surface area contributed by atoms with Gasteiger partial charge in [-0.25, -0.2) is 4.79 Å². The number of nitrogens with zero attached hydrogens (tertiary/aromatic N) is 1. The lowest BCUT2D eigenvalue weighted by atomic mass is 10.0. The zero-order valence-electron chi connectivity index (χ0n) is 15.7. The van der Waals surface area contributed by atoms with Gasteiger partial charge in [0.15, 0.2) is 0 Å². The molecule has 0 N–H and O–H groups in total. The molecule has 3 rings (SSSR count). The van der Waals surface area contributed by atoms with Gasteiger partial charge < -0.3 is 4.74 Å². The first-order valence-electron chi connectivity index (χ1n) is 9.58. The molecule has 3 nitrogen and oxygen atoms in total. The molecule has 0 amide bonds. The average Bonchev–Trinajstić information content (AvgIpc) is 2.73. The summed E-state index contributed by atoms with van der Waals surface area (Å²) in [7, 11) is 0. The first-order valence-corrected chi connectivity index (χ1v) is 9.58. The highest BCUT2D eigenvalue weighted by Gasteiger charge is 2.13. The molecule has 0 unspecified atom stereocenters. The maximum atomic E-state index is 12.6. The highest BCUT2D eigenvalue weighted by atomic mass is 16.5. The van der Waals surface area contributed by atoms with Crippen LogP contribution >= 0.6 is 0 Å². The Bertz CT molecular complexity index is 860. The van der Waals surface area contributed by atoms with Gasteiger partial charge >= 0.3 is 5.97 Å². The third-order valence-corrected chi connectivity index (χ3v) is 4.57. The van der Waals surface area contributed by atoms with Crippen LogP contribution in [0.15, 0.2) is 73.1 Å². The molecule has 2 aromatic carbocycles. The standard InChI is InChI=1S/C24H25NO2/c1-2-3-4-6-9-19-12-13-22(20-14-16-25-17-15-20)23(18-19)27-24(26)21-10-7-5-8-11-21/h5,7-8,10-18H,2-4,6,9H2,1H3. The van der Waals surface area contributed by atoms with Crippen molar-refractivity contribution < 1.29 is 9.53 Å². The van der Waals surface area contributed by atoms with Crippen molar-refractivity contribution in [2.24, 2.45) is 0 Å². The minimum absolute atomic E-state index is 0.339. The van der Waals surface area contributed by atoms with Crippen LogP contribution in [0.25, 0.3) is 11.1 Å². The second-order valence-electron chi connectivity index (χ2n) is 6.63. The topological polar surface area (TPSA) is 39.2 Å². The minimum Gasteiger partial charge on any atom is -0.422 e. The number of unbranched alkanes of at least 4 members (excludes halogenated alkanes) is 3. The Labute approximate surface area is 161 Å². The van der Waals surface area contributed by atoms with Crippen LogP contribution in [-0.2, 0) is 6.42 Å². The van der Waals surface area contributed by atoms with Gasteiger partial charge in [0, 0.05) is 18.0 Å². The Morgan fingerprint density at radius 3 is 2.44 bits per heavy atom. The van der Waals surface area contributed by atoms with Crippen LogP contribution in [0.5, 0.6) is 5.75 Å². The van der Waals surface area contributed by atoms with Crippen molar-refractivity contribution in [1.29, 1.82) is 0 Å². The number of carbonyl (C=O) groups excluding carboxylic acids is 1. The number of aryl methyl sites for hydroxylation is 1. The van der Waals surface area contributed by atoms with Crippen molar-refractivity contribution in [3.05, 3.63) is 84.2 Å². The van der Waals surface area contributed by atoms with E-state index in [2.05, 4.69) is 18.0 Å². The van der Waals surface area contributed by atoms with Crippen molar-refractivity contribution in [3.63, 3.8) is 0 Å². The van der Waals surface area contributed by atoms with Crippen LogP contribution in [0, 0.1) is 0 Å². The van der Waals surface area contributed by atoms with Gasteiger partial charge in [0.2, 0.25) is 0 Å². The number of pyridine rings is 1. The fourth-order valence-corrected chi connectivity index (χ4v) is 3.07. The van der Waals surface area contributed by atoms with Gasteiger partial charge in [0.25, 0.3) is 0 Å². The van der Waals surface area contributed by atoms with Crippen molar-refractivity contribution in [1.82, 2.24) is 4.98 Å². The Hall–Kier alpha value is -2.94. The molecule has 27 heavy (non-hydrogen) atoms. The summed E-state index contributed by atoms with van der Waals surface area (Å²) in [5.41, 5.74) is 3.63. The molecule has 0 fully saturated rings. The molecular formula is C24H25NO2. The van der Waals surface area contributed by atoms with Crippen molar-refractivity contribution in [2.75, 3.05) is 0 Å². The Morgan fingerprint density at radius 1 is 0.926 bits per heavy atom. The number of esters is 1. The normalized spacial score (nSPS) is 10.6. The van der Waals surface area contributed by atoms with Gasteiger partial charge in [-0.05, 0) is 54.3 Å². The molecule has 0 spiro atoms. The van der Waals surface area contributed by atoms with E-state index in [4.69, 9.17) is 4.74 Å². The quantitative estimate of drug-likeness (QED) is 0.277. The van der Waals surface area contributed by atoms with Crippen molar-refractivity contribution in [3.8, 4) is 16.9 Å². The van der Waals surface area contributed by atoms with Crippen LogP contribution < -0.4 is 4.74 Å². The van der Waals surface area contributed by atoms with Gasteiger partial charge in [-0.15, -0.1) is 0 Å². The fourth-order valence-electron chi connectivity index (χ4n) is 3.07. The summed E-state index contributed by atoms with van der Waals surface area (Å²) >= 11 is 0. The van der Waals surface area contributed by atoms with E-state index in [1.807, 2.05) is 42.5 Å². The average molecular weight is 359 g/mol. The third kappa shape index (κ3) is 5.27. The summed E-state index contributed by atoms with van der Waals surface area (Å²) in [6.07, 6.45) is 9.34. The molecule has 0 bridgehead atoms. The van der Waals surface area contributed by atoms with Crippen LogP contribution in [0.2, 0.25) is 0 Å². The van der Waals surface area contributed by atoms with E-state index in [9.17, 15) is 4.79 Å². The molecule has 3 aromatic rings. The summed E-state index contributed by atoms with van der Waals surface area (Å²) in [4.78, 5) is 16.7. The van der Waals surface area contributed by atoms with Crippen molar-refractivity contribution >= 4 is 5.97 Å². The van der Waals surface area contributed by atoms with Crippen LogP contribution in [0.3, 0.4) is 0 Å². The Balaban J connectivity index is 1.86. The summed E-state index contributed by atoms with van der Waals surface area (Å²) in [5.74, 6) is 0.261. The molecule has 0 aliphatic rings. The zero-order valence-corrected chi connectivity index (χ0v) is 15.7. The third-order valence-electron chi connectivity index (χ3n) is 4.57. The summed E-state index contributed by atoms with van der Waals surface area (Å²) in [6.45, 7) is 2.21. The zero-order chi connectivity index (χ0) is 18.9. The van der Waals surface area contributed by atoms with E-state index in [0.29, 0.717) is 11.3 Å². The summed E-state index contributed by atoms with van der Waals surface area (Å²) in [5, 5.41) is 0. The predicted octanol–water partition coefficient (Wildman–Crippen LogP) is 6.09. The smallest absolute Gasteiger partial charge is 0.343 e. The molecule has 0 aliphatic carbocycles. The summed E-state index contributed by atoms with van der Waals surface area (Å²) < 4.78 is 5.79. The van der Waals surface area contributed by atoms with Gasteiger partial charge in [-0.1, -0.05) is 56.5 Å². The number of carbonyl (C=O) groups is 1. The number of aromatic nitrogens is 1. The second kappa shape index (κ2) is 9.67. The lowest BCUT2D eigenvalue weighted by molar-refractivity contribution is 0.0735. The lowest BCUT2D eigenvalue weighted by Crippen LogP contribution is -2.09. The van der Waals surface area contributed by atoms with Gasteiger partial charge in [-0.3, -0.25) is 4.98 Å². The van der Waals surface area contributed by atoms with Gasteiger partial charge in [0.1, 0.15) is 5.75 Å². The molecule has 138 valence electrons. The Morgan fingerprint density at radius 2 is 1.70 bits per heavy atom. The first-order chi connectivity index (χ1) is 13.3.